The van der Waals surface area contributed by atoms with Crippen LogP contribution in [0.2, 0.25) is 0 Å². The zero-order valence-corrected chi connectivity index (χ0v) is 11.0. The third-order valence-electron chi connectivity index (χ3n) is 3.58. The van der Waals surface area contributed by atoms with Crippen molar-refractivity contribution in [3.8, 4) is 5.69 Å². The first-order chi connectivity index (χ1) is 9.36. The Hall–Kier alpha value is -1.79. The maximum absolute atomic E-state index is 4.15. The summed E-state index contributed by atoms with van der Waals surface area (Å²) < 4.78 is 1.81. The summed E-state index contributed by atoms with van der Waals surface area (Å²) >= 11 is 0. The Balaban J connectivity index is 1.75. The lowest BCUT2D eigenvalue weighted by Gasteiger charge is -2.15. The van der Waals surface area contributed by atoms with Crippen molar-refractivity contribution in [3.05, 3.63) is 36.2 Å². The quantitative estimate of drug-likeness (QED) is 0.863. The average Bonchev–Trinajstić information content (AvgIpc) is 3.09. The maximum atomic E-state index is 4.15. The second kappa shape index (κ2) is 5.46. The lowest BCUT2D eigenvalue weighted by atomic mass is 10.3. The molecule has 0 spiro atoms. The zero-order chi connectivity index (χ0) is 13.1. The minimum Gasteiger partial charge on any atom is -0.316 e. The minimum absolute atomic E-state index is 0.584. The van der Waals surface area contributed by atoms with Crippen LogP contribution >= 0.6 is 0 Å². The number of tetrazole rings is 1. The van der Waals surface area contributed by atoms with Crippen LogP contribution in [0.4, 0.5) is 0 Å². The minimum atomic E-state index is 0.584. The van der Waals surface area contributed by atoms with E-state index in [0.717, 1.165) is 31.1 Å². The highest BCUT2D eigenvalue weighted by Crippen LogP contribution is 2.13. The van der Waals surface area contributed by atoms with Crippen molar-refractivity contribution in [2.75, 3.05) is 20.1 Å². The number of likely N-dealkylation sites (tertiary alicyclic amines) is 1. The summed E-state index contributed by atoms with van der Waals surface area (Å²) in [6, 6.07) is 10.6. The SMILES string of the molecule is CNC1CCN(Cc2nnnn2-c2ccccc2)C1. The number of benzene rings is 1. The first-order valence-corrected chi connectivity index (χ1v) is 6.59. The molecule has 1 aliphatic rings. The topological polar surface area (TPSA) is 58.9 Å². The molecule has 6 heteroatoms. The van der Waals surface area contributed by atoms with Crippen LogP contribution in [0.15, 0.2) is 30.3 Å². The summed E-state index contributed by atoms with van der Waals surface area (Å²) in [5.41, 5.74) is 1.01. The van der Waals surface area contributed by atoms with E-state index < -0.39 is 0 Å². The first-order valence-electron chi connectivity index (χ1n) is 6.59. The molecule has 1 atom stereocenters. The molecule has 0 bridgehead atoms. The second-order valence-electron chi connectivity index (χ2n) is 4.85. The molecule has 19 heavy (non-hydrogen) atoms. The molecule has 0 amide bonds. The van der Waals surface area contributed by atoms with E-state index in [0.29, 0.717) is 6.04 Å². The highest BCUT2D eigenvalue weighted by molar-refractivity contribution is 5.30. The number of aromatic nitrogens is 4. The van der Waals surface area contributed by atoms with Gasteiger partial charge in [-0.2, -0.15) is 4.68 Å². The van der Waals surface area contributed by atoms with Gasteiger partial charge >= 0.3 is 0 Å². The molecule has 1 N–H and O–H groups in total. The van der Waals surface area contributed by atoms with Crippen LogP contribution in [0.5, 0.6) is 0 Å². The van der Waals surface area contributed by atoms with Crippen LogP contribution in [0.25, 0.3) is 5.69 Å². The highest BCUT2D eigenvalue weighted by Gasteiger charge is 2.22. The van der Waals surface area contributed by atoms with Gasteiger partial charge in [-0.05, 0) is 36.0 Å². The third-order valence-corrected chi connectivity index (χ3v) is 3.58. The number of nitrogens with zero attached hydrogens (tertiary/aromatic N) is 5. The Bertz CT molecular complexity index is 523. The summed E-state index contributed by atoms with van der Waals surface area (Å²) in [7, 11) is 2.02. The molecule has 1 fully saturated rings. The summed E-state index contributed by atoms with van der Waals surface area (Å²) in [6.07, 6.45) is 1.18. The number of hydrogen-bond donors (Lipinski definition) is 1. The van der Waals surface area contributed by atoms with Gasteiger partial charge in [-0.15, -0.1) is 5.10 Å². The van der Waals surface area contributed by atoms with E-state index in [9.17, 15) is 0 Å². The zero-order valence-electron chi connectivity index (χ0n) is 11.0. The number of hydrogen-bond acceptors (Lipinski definition) is 5. The summed E-state index contributed by atoms with van der Waals surface area (Å²) in [5, 5.41) is 15.3. The van der Waals surface area contributed by atoms with Crippen molar-refractivity contribution in [2.24, 2.45) is 0 Å². The molecule has 100 valence electrons. The Labute approximate surface area is 112 Å². The van der Waals surface area contributed by atoms with E-state index >= 15 is 0 Å². The van der Waals surface area contributed by atoms with E-state index in [1.807, 2.05) is 42.1 Å². The summed E-state index contributed by atoms with van der Waals surface area (Å²) in [5.74, 6) is 0.892. The fourth-order valence-corrected chi connectivity index (χ4v) is 2.49. The number of para-hydroxylation sites is 1. The lowest BCUT2D eigenvalue weighted by Crippen LogP contribution is -2.30. The van der Waals surface area contributed by atoms with Crippen molar-refractivity contribution in [1.29, 1.82) is 0 Å². The van der Waals surface area contributed by atoms with Gasteiger partial charge in [-0.3, -0.25) is 4.90 Å². The van der Waals surface area contributed by atoms with Gasteiger partial charge in [0.25, 0.3) is 0 Å². The predicted molar refractivity (Wildman–Crippen MR) is 71.9 cm³/mol. The van der Waals surface area contributed by atoms with Crippen LogP contribution in [0, 0.1) is 0 Å². The normalized spacial score (nSPS) is 19.9. The maximum Gasteiger partial charge on any atom is 0.170 e. The molecule has 2 heterocycles. The predicted octanol–water partition coefficient (Wildman–Crippen LogP) is 0.456. The molecule has 0 aliphatic carbocycles. The molecule has 3 rings (SSSR count). The van der Waals surface area contributed by atoms with Crippen LogP contribution in [-0.2, 0) is 6.54 Å². The number of likely N-dealkylation sites (N-methyl/N-ethyl adjacent to an activating group) is 1. The molecule has 6 nitrogen and oxygen atoms in total. The second-order valence-corrected chi connectivity index (χ2v) is 4.85. The molecular weight excluding hydrogens is 240 g/mol. The third kappa shape index (κ3) is 2.64. The average molecular weight is 258 g/mol. The monoisotopic (exact) mass is 258 g/mol. The van der Waals surface area contributed by atoms with Gasteiger partial charge in [0.15, 0.2) is 5.82 Å². The fourth-order valence-electron chi connectivity index (χ4n) is 2.49. The van der Waals surface area contributed by atoms with Crippen molar-refractivity contribution < 1.29 is 0 Å². The van der Waals surface area contributed by atoms with Crippen molar-refractivity contribution in [1.82, 2.24) is 30.4 Å². The van der Waals surface area contributed by atoms with Gasteiger partial charge < -0.3 is 5.32 Å². The van der Waals surface area contributed by atoms with Crippen molar-refractivity contribution in [2.45, 2.75) is 19.0 Å². The molecule has 1 aliphatic heterocycles. The summed E-state index contributed by atoms with van der Waals surface area (Å²) in [4.78, 5) is 2.38. The van der Waals surface area contributed by atoms with Crippen LogP contribution in [0.1, 0.15) is 12.2 Å². The van der Waals surface area contributed by atoms with Gasteiger partial charge in [0.2, 0.25) is 0 Å². The fraction of sp³-hybridized carbons (Fsp3) is 0.462. The Kier molecular flexibility index (Phi) is 3.52. The number of nitrogens with one attached hydrogen (secondary N) is 1. The van der Waals surface area contributed by atoms with Gasteiger partial charge in [-0.1, -0.05) is 18.2 Å². The Morgan fingerprint density at radius 3 is 2.89 bits per heavy atom. The standard InChI is InChI=1S/C13H18N6/c1-14-11-7-8-18(9-11)10-13-15-16-17-19(13)12-5-3-2-4-6-12/h2-6,11,14H,7-10H2,1H3. The lowest BCUT2D eigenvalue weighted by molar-refractivity contribution is 0.311. The molecule has 1 saturated heterocycles. The van der Waals surface area contributed by atoms with Crippen molar-refractivity contribution in [3.63, 3.8) is 0 Å². The van der Waals surface area contributed by atoms with E-state index in [4.69, 9.17) is 0 Å². The molecule has 1 aromatic heterocycles. The van der Waals surface area contributed by atoms with Gasteiger partial charge in [0.05, 0.1) is 12.2 Å². The van der Waals surface area contributed by atoms with Crippen LogP contribution < -0.4 is 5.32 Å². The van der Waals surface area contributed by atoms with Gasteiger partial charge in [-0.25, -0.2) is 0 Å². The summed E-state index contributed by atoms with van der Waals surface area (Å²) in [6.45, 7) is 2.94. The molecule has 1 unspecified atom stereocenters. The molecule has 1 aromatic carbocycles. The first kappa shape index (κ1) is 12.3. The smallest absolute Gasteiger partial charge is 0.170 e. The molecule has 0 saturated carbocycles. The van der Waals surface area contributed by atoms with Crippen LogP contribution in [0.3, 0.4) is 0 Å². The van der Waals surface area contributed by atoms with E-state index in [2.05, 4.69) is 25.7 Å². The van der Waals surface area contributed by atoms with E-state index in [1.165, 1.54) is 6.42 Å². The highest BCUT2D eigenvalue weighted by atomic mass is 15.5. The van der Waals surface area contributed by atoms with Crippen molar-refractivity contribution >= 4 is 0 Å². The largest absolute Gasteiger partial charge is 0.316 e. The van der Waals surface area contributed by atoms with Gasteiger partial charge in [0.1, 0.15) is 0 Å². The van der Waals surface area contributed by atoms with Crippen LogP contribution in [-0.4, -0.2) is 51.3 Å². The molecule has 2 aromatic rings. The molecular formula is C13H18N6. The number of rotatable bonds is 4. The van der Waals surface area contributed by atoms with E-state index in [1.54, 1.807) is 0 Å². The Morgan fingerprint density at radius 2 is 2.16 bits per heavy atom. The van der Waals surface area contributed by atoms with Gasteiger partial charge in [0, 0.05) is 19.1 Å². The van der Waals surface area contributed by atoms with E-state index in [-0.39, 0.29) is 0 Å². The Morgan fingerprint density at radius 1 is 1.32 bits per heavy atom. The molecule has 0 radical (unpaired) electrons.